The van der Waals surface area contributed by atoms with Crippen LogP contribution in [0.4, 0.5) is 0 Å². The van der Waals surface area contributed by atoms with Crippen molar-refractivity contribution in [3.63, 3.8) is 0 Å². The van der Waals surface area contributed by atoms with Crippen LogP contribution in [-0.2, 0) is 11.3 Å². The van der Waals surface area contributed by atoms with Crippen molar-refractivity contribution >= 4 is 17.7 Å². The van der Waals surface area contributed by atoms with Crippen LogP contribution in [0, 0.1) is 0 Å². The van der Waals surface area contributed by atoms with Gasteiger partial charge in [-0.05, 0) is 17.7 Å². The van der Waals surface area contributed by atoms with Gasteiger partial charge in [0.05, 0.1) is 0 Å². The number of thioether (sulfide) groups is 1. The summed E-state index contributed by atoms with van der Waals surface area (Å²) in [6.07, 6.45) is 0.414. The lowest BCUT2D eigenvalue weighted by molar-refractivity contribution is -0.130. The highest BCUT2D eigenvalue weighted by atomic mass is 32.2. The Morgan fingerprint density at radius 1 is 1.33 bits per heavy atom. The molecule has 0 aliphatic heterocycles. The molecule has 1 aromatic carbocycles. The minimum absolute atomic E-state index is 0.0955. The normalized spacial score (nSPS) is 10.7. The van der Waals surface area contributed by atoms with E-state index in [9.17, 15) is 4.79 Å². The summed E-state index contributed by atoms with van der Waals surface area (Å²) >= 11 is 1.84. The molecule has 1 amide bonds. The molecule has 18 heavy (non-hydrogen) atoms. The smallest absolute Gasteiger partial charge is 0.223 e. The highest BCUT2D eigenvalue weighted by Gasteiger charge is 2.08. The van der Waals surface area contributed by atoms with Crippen molar-refractivity contribution in [2.75, 3.05) is 13.6 Å². The van der Waals surface area contributed by atoms with Gasteiger partial charge >= 0.3 is 0 Å². The summed E-state index contributed by atoms with van der Waals surface area (Å²) in [5.41, 5.74) is 6.53. The standard InChI is InChI=1S/C14H22N2OS/c1-11(2)18-13-6-4-12(5-7-13)10-16(3)14(17)8-9-15/h4-7,11H,8-10,15H2,1-3H3. The van der Waals surface area contributed by atoms with E-state index in [0.29, 0.717) is 24.8 Å². The fraction of sp³-hybridized carbons (Fsp3) is 0.500. The topological polar surface area (TPSA) is 46.3 Å². The zero-order chi connectivity index (χ0) is 13.5. The molecule has 0 fully saturated rings. The van der Waals surface area contributed by atoms with E-state index in [2.05, 4.69) is 38.1 Å². The third kappa shape index (κ3) is 5.10. The molecule has 0 atom stereocenters. The van der Waals surface area contributed by atoms with Crippen LogP contribution < -0.4 is 5.73 Å². The van der Waals surface area contributed by atoms with Crippen LogP contribution in [0.2, 0.25) is 0 Å². The largest absolute Gasteiger partial charge is 0.341 e. The van der Waals surface area contributed by atoms with Crippen molar-refractivity contribution in [1.29, 1.82) is 0 Å². The maximum absolute atomic E-state index is 11.6. The number of hydrogen-bond acceptors (Lipinski definition) is 3. The van der Waals surface area contributed by atoms with E-state index in [0.717, 1.165) is 5.56 Å². The zero-order valence-electron chi connectivity index (χ0n) is 11.3. The molecule has 3 nitrogen and oxygen atoms in total. The zero-order valence-corrected chi connectivity index (χ0v) is 12.2. The Morgan fingerprint density at radius 2 is 1.94 bits per heavy atom. The number of nitrogens with zero attached hydrogens (tertiary/aromatic N) is 1. The van der Waals surface area contributed by atoms with E-state index < -0.39 is 0 Å². The minimum atomic E-state index is 0.0955. The molecule has 0 aliphatic carbocycles. The van der Waals surface area contributed by atoms with Crippen LogP contribution >= 0.6 is 11.8 Å². The van der Waals surface area contributed by atoms with Gasteiger partial charge in [-0.25, -0.2) is 0 Å². The Morgan fingerprint density at radius 3 is 2.44 bits per heavy atom. The molecule has 1 rings (SSSR count). The maximum atomic E-state index is 11.6. The second-order valence-corrected chi connectivity index (χ2v) is 6.25. The van der Waals surface area contributed by atoms with E-state index in [4.69, 9.17) is 5.73 Å². The number of rotatable bonds is 6. The first kappa shape index (κ1) is 15.1. The van der Waals surface area contributed by atoms with E-state index in [1.807, 2.05) is 18.8 Å². The van der Waals surface area contributed by atoms with Gasteiger partial charge in [-0.3, -0.25) is 4.79 Å². The number of carbonyl (C=O) groups excluding carboxylic acids is 1. The van der Waals surface area contributed by atoms with Crippen molar-refractivity contribution in [2.45, 2.75) is 37.0 Å². The van der Waals surface area contributed by atoms with Crippen LogP contribution in [0.15, 0.2) is 29.2 Å². The quantitative estimate of drug-likeness (QED) is 0.805. The molecule has 0 aromatic heterocycles. The van der Waals surface area contributed by atoms with Crippen LogP contribution in [0.3, 0.4) is 0 Å². The molecule has 0 aliphatic rings. The lowest BCUT2D eigenvalue weighted by atomic mass is 10.2. The summed E-state index contributed by atoms with van der Waals surface area (Å²) in [5.74, 6) is 0.0955. The average Bonchev–Trinajstić information content (AvgIpc) is 2.31. The molecule has 0 unspecified atom stereocenters. The number of amides is 1. The molecule has 0 spiro atoms. The molecule has 0 heterocycles. The SMILES string of the molecule is CC(C)Sc1ccc(CN(C)C(=O)CCN)cc1. The van der Waals surface area contributed by atoms with Gasteiger partial charge in [-0.2, -0.15) is 0 Å². The monoisotopic (exact) mass is 266 g/mol. The van der Waals surface area contributed by atoms with E-state index in [1.54, 1.807) is 4.90 Å². The highest BCUT2D eigenvalue weighted by Crippen LogP contribution is 2.23. The van der Waals surface area contributed by atoms with Crippen molar-refractivity contribution in [3.8, 4) is 0 Å². The lowest BCUT2D eigenvalue weighted by Crippen LogP contribution is -2.27. The maximum Gasteiger partial charge on any atom is 0.223 e. The van der Waals surface area contributed by atoms with Gasteiger partial charge in [-0.1, -0.05) is 26.0 Å². The molecule has 0 radical (unpaired) electrons. The predicted molar refractivity (Wildman–Crippen MR) is 77.6 cm³/mol. The Bertz CT molecular complexity index is 376. The summed E-state index contributed by atoms with van der Waals surface area (Å²) < 4.78 is 0. The summed E-state index contributed by atoms with van der Waals surface area (Å²) in [6, 6.07) is 8.39. The Kier molecular flexibility index (Phi) is 6.22. The first-order chi connectivity index (χ1) is 8.52. The van der Waals surface area contributed by atoms with Crippen molar-refractivity contribution < 1.29 is 4.79 Å². The van der Waals surface area contributed by atoms with Crippen LogP contribution in [-0.4, -0.2) is 29.6 Å². The second kappa shape index (κ2) is 7.44. The fourth-order valence-electron chi connectivity index (χ4n) is 1.62. The fourth-order valence-corrected chi connectivity index (χ4v) is 2.46. The summed E-state index contributed by atoms with van der Waals surface area (Å²) in [5, 5.41) is 0.588. The van der Waals surface area contributed by atoms with E-state index in [1.165, 1.54) is 4.90 Å². The number of carbonyl (C=O) groups is 1. The van der Waals surface area contributed by atoms with Crippen LogP contribution in [0.5, 0.6) is 0 Å². The summed E-state index contributed by atoms with van der Waals surface area (Å²) in [6.45, 7) is 5.41. The van der Waals surface area contributed by atoms with Gasteiger partial charge < -0.3 is 10.6 Å². The van der Waals surface area contributed by atoms with Gasteiger partial charge in [0.25, 0.3) is 0 Å². The summed E-state index contributed by atoms with van der Waals surface area (Å²) in [4.78, 5) is 14.6. The van der Waals surface area contributed by atoms with Gasteiger partial charge in [-0.15, -0.1) is 11.8 Å². The lowest BCUT2D eigenvalue weighted by Gasteiger charge is -2.17. The van der Waals surface area contributed by atoms with Crippen molar-refractivity contribution in [2.24, 2.45) is 5.73 Å². The number of hydrogen-bond donors (Lipinski definition) is 1. The minimum Gasteiger partial charge on any atom is -0.341 e. The molecule has 0 saturated heterocycles. The van der Waals surface area contributed by atoms with Gasteiger partial charge in [0.1, 0.15) is 0 Å². The molecule has 2 N–H and O–H groups in total. The van der Waals surface area contributed by atoms with E-state index in [-0.39, 0.29) is 5.91 Å². The van der Waals surface area contributed by atoms with E-state index >= 15 is 0 Å². The van der Waals surface area contributed by atoms with Gasteiger partial charge in [0.2, 0.25) is 5.91 Å². The van der Waals surface area contributed by atoms with Crippen molar-refractivity contribution in [3.05, 3.63) is 29.8 Å². The predicted octanol–water partition coefficient (Wildman–Crippen LogP) is 2.49. The Balaban J connectivity index is 2.55. The summed E-state index contributed by atoms with van der Waals surface area (Å²) in [7, 11) is 1.81. The first-order valence-electron chi connectivity index (χ1n) is 6.22. The van der Waals surface area contributed by atoms with Gasteiger partial charge in [0, 0.05) is 36.7 Å². The number of benzene rings is 1. The molecule has 4 heteroatoms. The molecule has 0 saturated carbocycles. The third-order valence-corrected chi connectivity index (χ3v) is 3.51. The average molecular weight is 266 g/mol. The van der Waals surface area contributed by atoms with Gasteiger partial charge in [0.15, 0.2) is 0 Å². The number of nitrogens with two attached hydrogens (primary N) is 1. The molecule has 100 valence electrons. The molecule has 0 bridgehead atoms. The van der Waals surface area contributed by atoms with Crippen molar-refractivity contribution in [1.82, 2.24) is 4.90 Å². The second-order valence-electron chi connectivity index (χ2n) is 4.60. The molecular weight excluding hydrogens is 244 g/mol. The molecular formula is C14H22N2OS. The van der Waals surface area contributed by atoms with Crippen LogP contribution in [0.1, 0.15) is 25.8 Å². The third-order valence-electron chi connectivity index (χ3n) is 2.50. The highest BCUT2D eigenvalue weighted by molar-refractivity contribution is 7.99. The Hall–Kier alpha value is -1.00. The Labute approximate surface area is 114 Å². The first-order valence-corrected chi connectivity index (χ1v) is 7.10. The molecule has 1 aromatic rings. The van der Waals surface area contributed by atoms with Crippen LogP contribution in [0.25, 0.3) is 0 Å².